The van der Waals surface area contributed by atoms with Crippen LogP contribution in [-0.4, -0.2) is 28.2 Å². The molecular weight excluding hydrogens is 204 g/mol. The van der Waals surface area contributed by atoms with Gasteiger partial charge in [-0.1, -0.05) is 26.2 Å². The summed E-state index contributed by atoms with van der Waals surface area (Å²) in [5, 5.41) is 21.2. The van der Waals surface area contributed by atoms with Gasteiger partial charge in [0.25, 0.3) is 0 Å². The third-order valence-electron chi connectivity index (χ3n) is 4.96. The molecule has 1 unspecified atom stereocenters. The molecule has 0 spiro atoms. The van der Waals surface area contributed by atoms with Crippen LogP contribution in [0.2, 0.25) is 0 Å². The van der Waals surface area contributed by atoms with Crippen LogP contribution in [-0.2, 0) is 4.74 Å². The monoisotopic (exact) mass is 228 g/mol. The molecule has 2 fully saturated rings. The lowest BCUT2D eigenvalue weighted by Gasteiger charge is -2.57. The third-order valence-corrected chi connectivity index (χ3v) is 4.96. The van der Waals surface area contributed by atoms with Crippen molar-refractivity contribution in [2.24, 2.45) is 5.41 Å². The standard InChI is InChI=1S/C13H24O3/c1-3-12(7-5-4-6-8-12)13(14,15)11(2)9-10-16-11/h14-15H,3-10H2,1-2H3. The molecule has 1 saturated carbocycles. The van der Waals surface area contributed by atoms with E-state index >= 15 is 0 Å². The molecule has 2 rings (SSSR count). The Balaban J connectivity index is 2.24. The van der Waals surface area contributed by atoms with Crippen LogP contribution >= 0.6 is 0 Å². The van der Waals surface area contributed by atoms with Gasteiger partial charge in [0.15, 0.2) is 5.79 Å². The van der Waals surface area contributed by atoms with Crippen LogP contribution in [0.25, 0.3) is 0 Å². The van der Waals surface area contributed by atoms with Gasteiger partial charge in [-0.05, 0) is 26.2 Å². The van der Waals surface area contributed by atoms with Gasteiger partial charge in [-0.15, -0.1) is 0 Å². The van der Waals surface area contributed by atoms with Crippen molar-refractivity contribution in [3.63, 3.8) is 0 Å². The van der Waals surface area contributed by atoms with E-state index in [9.17, 15) is 10.2 Å². The molecular formula is C13H24O3. The highest BCUT2D eigenvalue weighted by Crippen LogP contribution is 2.53. The van der Waals surface area contributed by atoms with Gasteiger partial charge in [0.2, 0.25) is 0 Å². The summed E-state index contributed by atoms with van der Waals surface area (Å²) in [7, 11) is 0. The molecule has 3 nitrogen and oxygen atoms in total. The summed E-state index contributed by atoms with van der Waals surface area (Å²) in [5.41, 5.74) is -1.11. The second kappa shape index (κ2) is 3.97. The molecule has 1 heterocycles. The molecule has 1 atom stereocenters. The van der Waals surface area contributed by atoms with E-state index < -0.39 is 11.4 Å². The molecule has 0 bridgehead atoms. The van der Waals surface area contributed by atoms with E-state index in [1.807, 2.05) is 6.92 Å². The number of ether oxygens (including phenoxy) is 1. The summed E-state index contributed by atoms with van der Waals surface area (Å²) in [5.74, 6) is -1.67. The van der Waals surface area contributed by atoms with E-state index in [2.05, 4.69) is 6.92 Å². The van der Waals surface area contributed by atoms with Gasteiger partial charge in [0.1, 0.15) is 5.60 Å². The van der Waals surface area contributed by atoms with Crippen molar-refractivity contribution in [2.45, 2.75) is 70.2 Å². The van der Waals surface area contributed by atoms with E-state index in [4.69, 9.17) is 4.74 Å². The highest BCUT2D eigenvalue weighted by Gasteiger charge is 2.62. The van der Waals surface area contributed by atoms with Gasteiger partial charge >= 0.3 is 0 Å². The Morgan fingerprint density at radius 2 is 1.69 bits per heavy atom. The molecule has 16 heavy (non-hydrogen) atoms. The zero-order chi connectivity index (χ0) is 11.9. The predicted octanol–water partition coefficient (Wildman–Crippen LogP) is 2.21. The lowest BCUT2D eigenvalue weighted by Crippen LogP contribution is -2.68. The highest BCUT2D eigenvalue weighted by molar-refractivity contribution is 5.06. The molecule has 2 aliphatic rings. The van der Waals surface area contributed by atoms with Crippen LogP contribution in [0.4, 0.5) is 0 Å². The van der Waals surface area contributed by atoms with E-state index in [1.54, 1.807) is 0 Å². The minimum absolute atomic E-state index is 0.361. The van der Waals surface area contributed by atoms with Crippen LogP contribution in [0.3, 0.4) is 0 Å². The van der Waals surface area contributed by atoms with E-state index in [1.165, 1.54) is 6.42 Å². The molecule has 0 aromatic rings. The first-order chi connectivity index (χ1) is 7.47. The van der Waals surface area contributed by atoms with Crippen molar-refractivity contribution in [3.8, 4) is 0 Å². The fraction of sp³-hybridized carbons (Fsp3) is 1.00. The minimum atomic E-state index is -1.67. The predicted molar refractivity (Wildman–Crippen MR) is 62.0 cm³/mol. The van der Waals surface area contributed by atoms with E-state index in [0.717, 1.165) is 38.5 Å². The van der Waals surface area contributed by atoms with Crippen LogP contribution < -0.4 is 0 Å². The summed E-state index contributed by atoms with van der Waals surface area (Å²) in [6, 6.07) is 0. The molecule has 94 valence electrons. The maximum absolute atomic E-state index is 10.6. The first kappa shape index (κ1) is 12.3. The second-order valence-corrected chi connectivity index (χ2v) is 5.70. The van der Waals surface area contributed by atoms with Gasteiger partial charge in [-0.25, -0.2) is 0 Å². The SMILES string of the molecule is CCC1(C(O)(O)C2(C)CCO2)CCCCC1. The second-order valence-electron chi connectivity index (χ2n) is 5.70. The summed E-state index contributed by atoms with van der Waals surface area (Å²) < 4.78 is 5.46. The van der Waals surface area contributed by atoms with E-state index in [0.29, 0.717) is 6.61 Å². The minimum Gasteiger partial charge on any atom is -0.369 e. The Morgan fingerprint density at radius 3 is 2.06 bits per heavy atom. The van der Waals surface area contributed by atoms with Gasteiger partial charge in [0.05, 0.1) is 6.61 Å². The lowest BCUT2D eigenvalue weighted by molar-refractivity contribution is -0.377. The smallest absolute Gasteiger partial charge is 0.198 e. The van der Waals surface area contributed by atoms with Crippen molar-refractivity contribution in [1.29, 1.82) is 0 Å². The molecule has 3 heteroatoms. The Bertz CT molecular complexity index is 250. The lowest BCUT2D eigenvalue weighted by atomic mass is 9.61. The normalized spacial score (nSPS) is 34.5. The number of aliphatic hydroxyl groups is 2. The summed E-state index contributed by atoms with van der Waals surface area (Å²) >= 11 is 0. The average Bonchev–Trinajstić information content (AvgIpc) is 2.26. The number of hydrogen-bond acceptors (Lipinski definition) is 3. The molecule has 0 amide bonds. The van der Waals surface area contributed by atoms with Crippen molar-refractivity contribution in [2.75, 3.05) is 6.61 Å². The Morgan fingerprint density at radius 1 is 1.12 bits per heavy atom. The van der Waals surface area contributed by atoms with Gasteiger partial charge in [-0.2, -0.15) is 0 Å². The van der Waals surface area contributed by atoms with Crippen LogP contribution in [0.5, 0.6) is 0 Å². The third kappa shape index (κ3) is 1.52. The first-order valence-electron chi connectivity index (χ1n) is 6.56. The van der Waals surface area contributed by atoms with Crippen molar-refractivity contribution in [1.82, 2.24) is 0 Å². The van der Waals surface area contributed by atoms with Crippen molar-refractivity contribution in [3.05, 3.63) is 0 Å². The van der Waals surface area contributed by atoms with Gasteiger partial charge in [0, 0.05) is 11.8 Å². The summed E-state index contributed by atoms with van der Waals surface area (Å²) in [6.45, 7) is 4.55. The van der Waals surface area contributed by atoms with Crippen LogP contribution in [0, 0.1) is 5.41 Å². The number of rotatable bonds is 3. The zero-order valence-corrected chi connectivity index (χ0v) is 10.5. The Kier molecular flexibility index (Phi) is 3.06. The topological polar surface area (TPSA) is 49.7 Å². The molecule has 1 saturated heterocycles. The van der Waals surface area contributed by atoms with E-state index in [-0.39, 0.29) is 5.41 Å². The van der Waals surface area contributed by atoms with Crippen molar-refractivity contribution >= 4 is 0 Å². The fourth-order valence-corrected chi connectivity index (χ4v) is 3.42. The fourth-order valence-electron chi connectivity index (χ4n) is 3.42. The summed E-state index contributed by atoms with van der Waals surface area (Å²) in [6.07, 6.45) is 6.82. The molecule has 0 aromatic carbocycles. The highest BCUT2D eigenvalue weighted by atomic mass is 16.6. The van der Waals surface area contributed by atoms with Crippen LogP contribution in [0.15, 0.2) is 0 Å². The first-order valence-corrected chi connectivity index (χ1v) is 6.56. The Labute approximate surface area is 97.8 Å². The summed E-state index contributed by atoms with van der Waals surface area (Å²) in [4.78, 5) is 0. The zero-order valence-electron chi connectivity index (χ0n) is 10.5. The quantitative estimate of drug-likeness (QED) is 0.728. The maximum Gasteiger partial charge on any atom is 0.198 e. The molecule has 2 N–H and O–H groups in total. The molecule has 0 radical (unpaired) electrons. The average molecular weight is 228 g/mol. The molecule has 1 aliphatic carbocycles. The maximum atomic E-state index is 10.6. The van der Waals surface area contributed by atoms with Gasteiger partial charge in [-0.3, -0.25) is 0 Å². The largest absolute Gasteiger partial charge is 0.369 e. The Hall–Kier alpha value is -0.120. The van der Waals surface area contributed by atoms with Gasteiger partial charge < -0.3 is 14.9 Å². The number of hydrogen-bond donors (Lipinski definition) is 2. The van der Waals surface area contributed by atoms with Crippen LogP contribution in [0.1, 0.15) is 58.8 Å². The molecule has 1 aliphatic heterocycles. The molecule has 0 aromatic heterocycles. The van der Waals surface area contributed by atoms with Crippen molar-refractivity contribution < 1.29 is 14.9 Å².